The Hall–Kier alpha value is -1.93. The molecule has 0 radical (unpaired) electrons. The predicted molar refractivity (Wildman–Crippen MR) is 72.0 cm³/mol. The van der Waals surface area contributed by atoms with Crippen molar-refractivity contribution in [3.05, 3.63) is 29.8 Å². The van der Waals surface area contributed by atoms with Gasteiger partial charge in [-0.1, -0.05) is 17.7 Å². The number of rotatable bonds is 4. The van der Waals surface area contributed by atoms with Gasteiger partial charge in [-0.25, -0.2) is 9.69 Å². The number of nitrogens with zero attached hydrogens (tertiary/aromatic N) is 1. The molecule has 1 aliphatic rings. The van der Waals surface area contributed by atoms with Gasteiger partial charge in [-0.15, -0.1) is 0 Å². The lowest BCUT2D eigenvalue weighted by molar-refractivity contribution is -0.134. The van der Waals surface area contributed by atoms with E-state index in [0.717, 1.165) is 10.5 Å². The second kappa shape index (κ2) is 5.82. The van der Waals surface area contributed by atoms with Crippen molar-refractivity contribution in [1.29, 1.82) is 0 Å². The predicted octanol–water partition coefficient (Wildman–Crippen LogP) is 1.07. The Labute approximate surface area is 122 Å². The Morgan fingerprint density at radius 3 is 2.48 bits per heavy atom. The van der Waals surface area contributed by atoms with Crippen molar-refractivity contribution in [3.8, 4) is 0 Å². The van der Waals surface area contributed by atoms with Crippen LogP contribution >= 0.6 is 0 Å². The highest BCUT2D eigenvalue weighted by Crippen LogP contribution is 2.17. The van der Waals surface area contributed by atoms with Gasteiger partial charge < -0.3 is 4.74 Å². The summed E-state index contributed by atoms with van der Waals surface area (Å²) in [6, 6.07) is 6.04. The summed E-state index contributed by atoms with van der Waals surface area (Å²) in [6.07, 6.45) is -2.09. The van der Waals surface area contributed by atoms with Crippen molar-refractivity contribution in [3.63, 3.8) is 0 Å². The highest BCUT2D eigenvalue weighted by molar-refractivity contribution is 7.86. The van der Waals surface area contributed by atoms with Crippen LogP contribution in [0, 0.1) is 6.92 Å². The van der Waals surface area contributed by atoms with Gasteiger partial charge in [-0.05, 0) is 26.0 Å². The van der Waals surface area contributed by atoms with Crippen LogP contribution < -0.4 is 0 Å². The van der Waals surface area contributed by atoms with E-state index >= 15 is 0 Å². The van der Waals surface area contributed by atoms with E-state index in [1.807, 2.05) is 6.92 Å². The Balaban J connectivity index is 2.10. The maximum absolute atomic E-state index is 12.0. The van der Waals surface area contributed by atoms with Crippen molar-refractivity contribution in [2.45, 2.75) is 24.8 Å². The first-order valence-corrected chi connectivity index (χ1v) is 7.70. The molecular formula is C13H15NO6S. The zero-order chi connectivity index (χ0) is 15.6. The fourth-order valence-corrected chi connectivity index (χ4v) is 2.85. The second-order valence-corrected chi connectivity index (χ2v) is 6.18. The van der Waals surface area contributed by atoms with E-state index in [1.54, 1.807) is 12.1 Å². The highest BCUT2D eigenvalue weighted by Gasteiger charge is 2.34. The summed E-state index contributed by atoms with van der Waals surface area (Å²) in [7, 11) is -4.07. The molecule has 1 heterocycles. The molecule has 2 rings (SSSR count). The molecule has 0 bridgehead atoms. The van der Waals surface area contributed by atoms with E-state index in [2.05, 4.69) is 4.74 Å². The van der Waals surface area contributed by atoms with Gasteiger partial charge in [-0.2, -0.15) is 8.42 Å². The lowest BCUT2D eigenvalue weighted by Gasteiger charge is -2.17. The van der Waals surface area contributed by atoms with E-state index in [9.17, 15) is 18.0 Å². The standard InChI is InChI=1S/C13H15NO6S/c1-9-3-5-11(6-4-9)21(17,18)20-10(2)12(15)14-7-8-19-13(14)16/h3-6,10H,7-8H2,1-2H3. The van der Waals surface area contributed by atoms with Crippen LogP contribution in [0.2, 0.25) is 0 Å². The Morgan fingerprint density at radius 1 is 1.33 bits per heavy atom. The van der Waals surface area contributed by atoms with Crippen molar-refractivity contribution >= 4 is 22.1 Å². The number of amides is 2. The van der Waals surface area contributed by atoms with E-state index in [4.69, 9.17) is 4.18 Å². The third kappa shape index (κ3) is 3.40. The molecule has 0 aromatic heterocycles. The van der Waals surface area contributed by atoms with Crippen molar-refractivity contribution < 1.29 is 26.9 Å². The fourth-order valence-electron chi connectivity index (χ4n) is 1.80. The van der Waals surface area contributed by atoms with E-state index in [1.165, 1.54) is 19.1 Å². The number of imide groups is 1. The first-order chi connectivity index (χ1) is 9.81. The monoisotopic (exact) mass is 313 g/mol. The van der Waals surface area contributed by atoms with Crippen LogP contribution in [-0.2, 0) is 23.8 Å². The highest BCUT2D eigenvalue weighted by atomic mass is 32.2. The fraction of sp³-hybridized carbons (Fsp3) is 0.385. The minimum absolute atomic E-state index is 0.0447. The molecule has 21 heavy (non-hydrogen) atoms. The number of benzene rings is 1. The Morgan fingerprint density at radius 2 is 1.95 bits per heavy atom. The topological polar surface area (TPSA) is 90.0 Å². The molecule has 1 fully saturated rings. The summed E-state index contributed by atoms with van der Waals surface area (Å²) in [6.45, 7) is 3.29. The quantitative estimate of drug-likeness (QED) is 0.772. The van der Waals surface area contributed by atoms with Gasteiger partial charge in [0.15, 0.2) is 6.10 Å². The number of hydrogen-bond acceptors (Lipinski definition) is 6. The first-order valence-electron chi connectivity index (χ1n) is 6.29. The van der Waals surface area contributed by atoms with Gasteiger partial charge in [0, 0.05) is 0 Å². The minimum Gasteiger partial charge on any atom is -0.447 e. The zero-order valence-corrected chi connectivity index (χ0v) is 12.4. The molecule has 0 spiro atoms. The molecule has 7 nitrogen and oxygen atoms in total. The number of carbonyl (C=O) groups excluding carboxylic acids is 2. The van der Waals surface area contributed by atoms with E-state index in [0.29, 0.717) is 0 Å². The molecule has 114 valence electrons. The number of hydrogen-bond donors (Lipinski definition) is 0. The smallest absolute Gasteiger partial charge is 0.416 e. The van der Waals surface area contributed by atoms with Crippen molar-refractivity contribution in [1.82, 2.24) is 4.90 Å². The largest absolute Gasteiger partial charge is 0.447 e. The second-order valence-electron chi connectivity index (χ2n) is 4.61. The molecule has 1 aromatic rings. The lowest BCUT2D eigenvalue weighted by atomic mass is 10.2. The number of cyclic esters (lactones) is 1. The molecule has 1 saturated heterocycles. The normalized spacial score (nSPS) is 16.7. The number of ether oxygens (including phenoxy) is 1. The zero-order valence-electron chi connectivity index (χ0n) is 11.6. The van der Waals surface area contributed by atoms with Crippen LogP contribution in [0.25, 0.3) is 0 Å². The molecule has 0 aliphatic carbocycles. The summed E-state index contributed by atoms with van der Waals surface area (Å²) < 4.78 is 33.6. The van der Waals surface area contributed by atoms with Gasteiger partial charge in [0.1, 0.15) is 6.61 Å². The molecule has 2 amide bonds. The molecule has 0 saturated carbocycles. The van der Waals surface area contributed by atoms with Crippen molar-refractivity contribution in [2.75, 3.05) is 13.2 Å². The van der Waals surface area contributed by atoms with Gasteiger partial charge in [0.25, 0.3) is 16.0 Å². The molecule has 1 aliphatic heterocycles. The third-order valence-corrected chi connectivity index (χ3v) is 4.35. The molecular weight excluding hydrogens is 298 g/mol. The summed E-state index contributed by atoms with van der Waals surface area (Å²) in [4.78, 5) is 24.0. The molecule has 1 unspecified atom stereocenters. The van der Waals surface area contributed by atoms with Crippen molar-refractivity contribution in [2.24, 2.45) is 0 Å². The van der Waals surface area contributed by atoms with Crippen LogP contribution in [0.3, 0.4) is 0 Å². The maximum atomic E-state index is 12.0. The van der Waals surface area contributed by atoms with Crippen LogP contribution in [0.5, 0.6) is 0 Å². The van der Waals surface area contributed by atoms with Gasteiger partial charge in [0.2, 0.25) is 0 Å². The van der Waals surface area contributed by atoms with Crippen LogP contribution in [0.1, 0.15) is 12.5 Å². The lowest BCUT2D eigenvalue weighted by Crippen LogP contribution is -2.40. The van der Waals surface area contributed by atoms with Gasteiger partial charge in [0.05, 0.1) is 11.4 Å². The van der Waals surface area contributed by atoms with Crippen LogP contribution in [-0.4, -0.2) is 44.6 Å². The van der Waals surface area contributed by atoms with Gasteiger partial charge >= 0.3 is 6.09 Å². The Bertz CT molecular complexity index is 652. The molecule has 1 aromatic carbocycles. The number of aryl methyl sites for hydroxylation is 1. The maximum Gasteiger partial charge on any atom is 0.416 e. The first kappa shape index (κ1) is 15.5. The third-order valence-electron chi connectivity index (χ3n) is 2.96. The average Bonchev–Trinajstić information content (AvgIpc) is 2.84. The summed E-state index contributed by atoms with van der Waals surface area (Å²) >= 11 is 0. The van der Waals surface area contributed by atoms with Crippen LogP contribution in [0.4, 0.5) is 4.79 Å². The van der Waals surface area contributed by atoms with Crippen LogP contribution in [0.15, 0.2) is 29.2 Å². The average molecular weight is 313 g/mol. The van der Waals surface area contributed by atoms with E-state index < -0.39 is 28.2 Å². The molecule has 0 N–H and O–H groups in total. The summed E-state index contributed by atoms with van der Waals surface area (Å²) in [5.41, 5.74) is 0.901. The van der Waals surface area contributed by atoms with E-state index in [-0.39, 0.29) is 18.0 Å². The molecule has 8 heteroatoms. The Kier molecular flexibility index (Phi) is 4.29. The summed E-state index contributed by atoms with van der Waals surface area (Å²) in [5, 5.41) is 0. The summed E-state index contributed by atoms with van der Waals surface area (Å²) in [5.74, 6) is -0.742. The minimum atomic E-state index is -4.07. The SMILES string of the molecule is Cc1ccc(S(=O)(=O)OC(C)C(=O)N2CCOC2=O)cc1. The van der Waals surface area contributed by atoms with Gasteiger partial charge in [-0.3, -0.25) is 8.98 Å². The molecule has 1 atom stereocenters. The number of carbonyl (C=O) groups is 2.